The van der Waals surface area contributed by atoms with Crippen LogP contribution in [0.4, 0.5) is 0 Å². The van der Waals surface area contributed by atoms with E-state index in [9.17, 15) is 0 Å². The molecule has 0 fully saturated rings. The zero-order valence-electron chi connectivity index (χ0n) is 6.64. The van der Waals surface area contributed by atoms with E-state index in [1.165, 1.54) is 0 Å². The van der Waals surface area contributed by atoms with E-state index in [1.54, 1.807) is 6.33 Å². The van der Waals surface area contributed by atoms with Gasteiger partial charge in [-0.2, -0.15) is 0 Å². The molecular weight excluding hydrogens is 152 g/mol. The van der Waals surface area contributed by atoms with E-state index in [-0.39, 0.29) is 0 Å². The summed E-state index contributed by atoms with van der Waals surface area (Å²) in [6.07, 6.45) is 4.47. The number of nitrogens with zero attached hydrogens (tertiary/aromatic N) is 3. The number of fused-ring (bicyclic) bond motifs is 1. The largest absolute Gasteiger partial charge is 0.330 e. The minimum absolute atomic E-state index is 0.645. The smallest absolute Gasteiger partial charge is 0.163 e. The predicted molar refractivity (Wildman–Crippen MR) is 45.7 cm³/mol. The summed E-state index contributed by atoms with van der Waals surface area (Å²) in [7, 11) is 0. The van der Waals surface area contributed by atoms with Gasteiger partial charge in [0.1, 0.15) is 6.33 Å². The topological polar surface area (TPSA) is 56.2 Å². The molecule has 2 N–H and O–H groups in total. The quantitative estimate of drug-likeness (QED) is 0.687. The van der Waals surface area contributed by atoms with Crippen LogP contribution in [0, 0.1) is 0 Å². The molecule has 0 radical (unpaired) electrons. The maximum absolute atomic E-state index is 5.46. The van der Waals surface area contributed by atoms with Gasteiger partial charge < -0.3 is 5.73 Å². The first kappa shape index (κ1) is 7.24. The Labute approximate surface area is 70.0 Å². The Bertz CT molecular complexity index is 379. The fraction of sp³-hybridized carbons (Fsp3) is 0.250. The lowest BCUT2D eigenvalue weighted by atomic mass is 10.2. The van der Waals surface area contributed by atoms with Crippen molar-refractivity contribution >= 4 is 5.65 Å². The Morgan fingerprint density at radius 2 is 2.42 bits per heavy atom. The van der Waals surface area contributed by atoms with Crippen LogP contribution < -0.4 is 5.73 Å². The molecule has 0 aliphatic rings. The van der Waals surface area contributed by atoms with Crippen molar-refractivity contribution in [1.82, 2.24) is 14.6 Å². The lowest BCUT2D eigenvalue weighted by molar-refractivity contribution is 0.959. The lowest BCUT2D eigenvalue weighted by Gasteiger charge is -1.98. The van der Waals surface area contributed by atoms with Crippen LogP contribution in [0.5, 0.6) is 0 Å². The van der Waals surface area contributed by atoms with E-state index in [4.69, 9.17) is 5.73 Å². The minimum atomic E-state index is 0.645. The maximum Gasteiger partial charge on any atom is 0.163 e. The molecule has 0 amide bonds. The second kappa shape index (κ2) is 2.91. The van der Waals surface area contributed by atoms with Crippen LogP contribution in [0.25, 0.3) is 5.65 Å². The monoisotopic (exact) mass is 162 g/mol. The summed E-state index contributed by atoms with van der Waals surface area (Å²) >= 11 is 0. The molecular formula is C8H10N4. The average molecular weight is 162 g/mol. The molecule has 2 aromatic heterocycles. The second-order valence-corrected chi connectivity index (χ2v) is 2.63. The highest BCUT2D eigenvalue weighted by molar-refractivity contribution is 5.46. The highest BCUT2D eigenvalue weighted by Crippen LogP contribution is 2.06. The summed E-state index contributed by atoms with van der Waals surface area (Å²) in [5.41, 5.74) is 7.52. The van der Waals surface area contributed by atoms with E-state index in [1.807, 2.05) is 22.7 Å². The minimum Gasteiger partial charge on any atom is -0.330 e. The van der Waals surface area contributed by atoms with Crippen molar-refractivity contribution in [1.29, 1.82) is 0 Å². The van der Waals surface area contributed by atoms with Crippen LogP contribution in [0.1, 0.15) is 5.56 Å². The van der Waals surface area contributed by atoms with Crippen molar-refractivity contribution < 1.29 is 0 Å². The van der Waals surface area contributed by atoms with Crippen molar-refractivity contribution in [3.8, 4) is 0 Å². The van der Waals surface area contributed by atoms with Crippen molar-refractivity contribution in [3.63, 3.8) is 0 Å². The molecule has 0 atom stereocenters. The summed E-state index contributed by atoms with van der Waals surface area (Å²) < 4.78 is 1.89. The van der Waals surface area contributed by atoms with Gasteiger partial charge >= 0.3 is 0 Å². The van der Waals surface area contributed by atoms with Crippen LogP contribution in [0.2, 0.25) is 0 Å². The molecule has 0 bridgehead atoms. The average Bonchev–Trinajstić information content (AvgIpc) is 2.53. The van der Waals surface area contributed by atoms with Gasteiger partial charge in [0.25, 0.3) is 0 Å². The van der Waals surface area contributed by atoms with Gasteiger partial charge in [-0.05, 0) is 24.6 Å². The van der Waals surface area contributed by atoms with Gasteiger partial charge in [0.15, 0.2) is 5.65 Å². The number of hydrogen-bond acceptors (Lipinski definition) is 3. The Kier molecular flexibility index (Phi) is 1.75. The highest BCUT2D eigenvalue weighted by Gasteiger charge is 2.00. The molecule has 2 aromatic rings. The molecule has 0 saturated carbocycles. The van der Waals surface area contributed by atoms with Gasteiger partial charge in [-0.1, -0.05) is 6.07 Å². The van der Waals surface area contributed by atoms with E-state index < -0.39 is 0 Å². The maximum atomic E-state index is 5.46. The normalized spacial score (nSPS) is 10.8. The number of aromatic nitrogens is 3. The molecule has 0 spiro atoms. The molecule has 62 valence electrons. The second-order valence-electron chi connectivity index (χ2n) is 2.63. The van der Waals surface area contributed by atoms with E-state index in [2.05, 4.69) is 10.2 Å². The van der Waals surface area contributed by atoms with Gasteiger partial charge in [-0.15, -0.1) is 10.2 Å². The molecule has 0 saturated heterocycles. The molecule has 4 nitrogen and oxygen atoms in total. The van der Waals surface area contributed by atoms with Crippen LogP contribution in [-0.2, 0) is 6.42 Å². The van der Waals surface area contributed by atoms with Crippen molar-refractivity contribution in [2.45, 2.75) is 6.42 Å². The molecule has 2 heterocycles. The Morgan fingerprint density at radius 1 is 1.50 bits per heavy atom. The van der Waals surface area contributed by atoms with Gasteiger partial charge in [0.05, 0.1) is 0 Å². The Morgan fingerprint density at radius 3 is 3.25 bits per heavy atom. The standard InChI is InChI=1S/C8H10N4/c9-4-3-7-2-1-5-12-6-10-11-8(7)12/h1-2,5-6H,3-4,9H2. The van der Waals surface area contributed by atoms with E-state index >= 15 is 0 Å². The third kappa shape index (κ3) is 1.06. The third-order valence-corrected chi connectivity index (χ3v) is 1.82. The summed E-state index contributed by atoms with van der Waals surface area (Å²) in [5.74, 6) is 0. The molecule has 0 unspecified atom stereocenters. The van der Waals surface area contributed by atoms with Crippen molar-refractivity contribution in [2.24, 2.45) is 5.73 Å². The first-order valence-electron chi connectivity index (χ1n) is 3.89. The first-order chi connectivity index (χ1) is 5.92. The highest BCUT2D eigenvalue weighted by atomic mass is 15.2. The van der Waals surface area contributed by atoms with Crippen molar-refractivity contribution in [3.05, 3.63) is 30.2 Å². The molecule has 0 aromatic carbocycles. The fourth-order valence-corrected chi connectivity index (χ4v) is 1.26. The molecule has 4 heteroatoms. The van der Waals surface area contributed by atoms with Gasteiger partial charge in [-0.3, -0.25) is 4.40 Å². The third-order valence-electron chi connectivity index (χ3n) is 1.82. The van der Waals surface area contributed by atoms with Gasteiger partial charge in [-0.25, -0.2) is 0 Å². The lowest BCUT2D eigenvalue weighted by Crippen LogP contribution is -2.04. The van der Waals surface area contributed by atoms with E-state index in [0.717, 1.165) is 17.6 Å². The van der Waals surface area contributed by atoms with Crippen LogP contribution >= 0.6 is 0 Å². The summed E-state index contributed by atoms with van der Waals surface area (Å²) in [6.45, 7) is 0.645. The fourth-order valence-electron chi connectivity index (χ4n) is 1.26. The Balaban J connectivity index is 2.57. The molecule has 0 aliphatic carbocycles. The van der Waals surface area contributed by atoms with Crippen LogP contribution in [0.3, 0.4) is 0 Å². The van der Waals surface area contributed by atoms with Crippen molar-refractivity contribution in [2.75, 3.05) is 6.54 Å². The van der Waals surface area contributed by atoms with Crippen LogP contribution in [0.15, 0.2) is 24.7 Å². The molecule has 0 aliphatic heterocycles. The zero-order chi connectivity index (χ0) is 8.39. The number of pyridine rings is 1. The first-order valence-corrected chi connectivity index (χ1v) is 3.89. The molecule has 12 heavy (non-hydrogen) atoms. The number of nitrogens with two attached hydrogens (primary N) is 1. The number of hydrogen-bond donors (Lipinski definition) is 1. The van der Waals surface area contributed by atoms with E-state index in [0.29, 0.717) is 6.54 Å². The Hall–Kier alpha value is -1.42. The SMILES string of the molecule is NCCc1cccn2cnnc12. The predicted octanol–water partition coefficient (Wildman–Crippen LogP) is 0.230. The zero-order valence-corrected chi connectivity index (χ0v) is 6.64. The summed E-state index contributed by atoms with van der Waals surface area (Å²) in [6, 6.07) is 4.00. The van der Waals surface area contributed by atoms with Gasteiger partial charge in [0.2, 0.25) is 0 Å². The summed E-state index contributed by atoms with van der Waals surface area (Å²) in [5, 5.41) is 7.81. The van der Waals surface area contributed by atoms with Crippen LogP contribution in [-0.4, -0.2) is 21.1 Å². The molecule has 2 rings (SSSR count). The summed E-state index contributed by atoms with van der Waals surface area (Å²) in [4.78, 5) is 0. The number of rotatable bonds is 2. The van der Waals surface area contributed by atoms with Gasteiger partial charge in [0, 0.05) is 6.20 Å².